The summed E-state index contributed by atoms with van der Waals surface area (Å²) < 4.78 is 5.84. The number of thiophene rings is 1. The number of hydrogen-bond acceptors (Lipinski definition) is 5. The number of nitriles is 1. The SMILES string of the molecule is N#CC1=CC=C(N2CC(CNC(=O)c3ccc(Cl)s3)OC2=O)CC1. The van der Waals surface area contributed by atoms with Crippen LogP contribution in [0.4, 0.5) is 4.79 Å². The van der Waals surface area contributed by atoms with Gasteiger partial charge in [0.2, 0.25) is 0 Å². The molecule has 0 aromatic carbocycles. The van der Waals surface area contributed by atoms with Crippen molar-refractivity contribution in [2.24, 2.45) is 0 Å². The summed E-state index contributed by atoms with van der Waals surface area (Å²) in [6, 6.07) is 5.43. The van der Waals surface area contributed by atoms with Gasteiger partial charge in [0, 0.05) is 11.3 Å². The molecule has 0 radical (unpaired) electrons. The molecule has 1 unspecified atom stereocenters. The molecule has 124 valence electrons. The van der Waals surface area contributed by atoms with Crippen molar-refractivity contribution in [2.75, 3.05) is 13.1 Å². The lowest BCUT2D eigenvalue weighted by molar-refractivity contribution is 0.0919. The molecular weight excluding hydrogens is 350 g/mol. The van der Waals surface area contributed by atoms with E-state index in [-0.39, 0.29) is 12.5 Å². The van der Waals surface area contributed by atoms with Gasteiger partial charge in [0.25, 0.3) is 5.91 Å². The van der Waals surface area contributed by atoms with Gasteiger partial charge in [-0.2, -0.15) is 5.26 Å². The van der Waals surface area contributed by atoms with E-state index in [2.05, 4.69) is 11.4 Å². The Balaban J connectivity index is 1.56. The van der Waals surface area contributed by atoms with Gasteiger partial charge in [-0.05, 0) is 37.1 Å². The second-order valence-corrected chi connectivity index (χ2v) is 7.11. The summed E-state index contributed by atoms with van der Waals surface area (Å²) in [5, 5.41) is 11.6. The summed E-state index contributed by atoms with van der Waals surface area (Å²) in [6.07, 6.45) is 3.92. The molecule has 6 nitrogen and oxygen atoms in total. The van der Waals surface area contributed by atoms with Crippen molar-refractivity contribution in [1.82, 2.24) is 10.2 Å². The molecule has 1 fully saturated rings. The predicted molar refractivity (Wildman–Crippen MR) is 89.7 cm³/mol. The molecule has 2 aliphatic rings. The third kappa shape index (κ3) is 3.61. The van der Waals surface area contributed by atoms with E-state index >= 15 is 0 Å². The Labute approximate surface area is 148 Å². The van der Waals surface area contributed by atoms with Crippen LogP contribution >= 0.6 is 22.9 Å². The van der Waals surface area contributed by atoms with Crippen molar-refractivity contribution in [3.8, 4) is 6.07 Å². The van der Waals surface area contributed by atoms with Gasteiger partial charge in [-0.25, -0.2) is 4.79 Å². The number of carbonyl (C=O) groups excluding carboxylic acids is 2. The number of carbonyl (C=O) groups is 2. The topological polar surface area (TPSA) is 82.4 Å². The molecule has 1 aromatic rings. The number of amides is 2. The molecule has 8 heteroatoms. The van der Waals surface area contributed by atoms with Crippen molar-refractivity contribution >= 4 is 34.9 Å². The fourth-order valence-electron chi connectivity index (χ4n) is 2.54. The largest absolute Gasteiger partial charge is 0.442 e. The highest BCUT2D eigenvalue weighted by Gasteiger charge is 2.34. The standard InChI is InChI=1S/C16H14ClN3O3S/c17-14-6-5-13(24-14)15(21)19-8-12-9-20(16(22)23-12)11-3-1-10(7-18)2-4-11/h1,3,5-6,12H,2,4,8-9H2,(H,19,21). The molecule has 1 N–H and O–H groups in total. The maximum Gasteiger partial charge on any atom is 0.414 e. The number of cyclic esters (lactones) is 1. The number of allylic oxidation sites excluding steroid dienone is 4. The number of halogens is 1. The van der Waals surface area contributed by atoms with E-state index in [9.17, 15) is 9.59 Å². The molecular formula is C16H14ClN3O3S. The lowest BCUT2D eigenvalue weighted by atomic mass is 10.0. The highest BCUT2D eigenvalue weighted by atomic mass is 35.5. The minimum Gasteiger partial charge on any atom is -0.442 e. The van der Waals surface area contributed by atoms with Gasteiger partial charge in [-0.1, -0.05) is 11.6 Å². The minimum atomic E-state index is -0.423. The van der Waals surface area contributed by atoms with Gasteiger partial charge in [-0.3, -0.25) is 9.69 Å². The van der Waals surface area contributed by atoms with Crippen LogP contribution in [-0.2, 0) is 4.74 Å². The Morgan fingerprint density at radius 1 is 1.46 bits per heavy atom. The minimum absolute atomic E-state index is 0.236. The van der Waals surface area contributed by atoms with Crippen LogP contribution in [0.5, 0.6) is 0 Å². The average Bonchev–Trinajstić information content (AvgIpc) is 3.18. The van der Waals surface area contributed by atoms with E-state index in [1.54, 1.807) is 29.2 Å². The zero-order chi connectivity index (χ0) is 17.1. The Hall–Kier alpha value is -2.30. The van der Waals surface area contributed by atoms with E-state index in [1.807, 2.05) is 0 Å². The summed E-state index contributed by atoms with van der Waals surface area (Å²) in [5.74, 6) is -0.236. The molecule has 1 aliphatic heterocycles. The lowest BCUT2D eigenvalue weighted by Gasteiger charge is -2.19. The van der Waals surface area contributed by atoms with Gasteiger partial charge >= 0.3 is 6.09 Å². The number of nitrogens with one attached hydrogen (secondary N) is 1. The van der Waals surface area contributed by atoms with Crippen LogP contribution in [0.15, 0.2) is 35.6 Å². The maximum absolute atomic E-state index is 12.0. The Bertz CT molecular complexity index is 778. The van der Waals surface area contributed by atoms with Gasteiger partial charge < -0.3 is 10.1 Å². The Morgan fingerprint density at radius 2 is 2.29 bits per heavy atom. The van der Waals surface area contributed by atoms with Gasteiger partial charge in [0.1, 0.15) is 6.10 Å². The van der Waals surface area contributed by atoms with Gasteiger partial charge in [-0.15, -0.1) is 11.3 Å². The first-order valence-electron chi connectivity index (χ1n) is 7.38. The molecule has 0 saturated carbocycles. The van der Waals surface area contributed by atoms with Crippen molar-refractivity contribution < 1.29 is 14.3 Å². The summed E-state index contributed by atoms with van der Waals surface area (Å²) in [4.78, 5) is 26.1. The van der Waals surface area contributed by atoms with Crippen LogP contribution in [0.25, 0.3) is 0 Å². The van der Waals surface area contributed by atoms with E-state index in [0.717, 1.165) is 5.70 Å². The zero-order valence-corrected chi connectivity index (χ0v) is 14.2. The van der Waals surface area contributed by atoms with Crippen molar-refractivity contribution in [2.45, 2.75) is 18.9 Å². The van der Waals surface area contributed by atoms with Crippen LogP contribution < -0.4 is 5.32 Å². The summed E-state index contributed by atoms with van der Waals surface area (Å²) >= 11 is 7.01. The van der Waals surface area contributed by atoms with Gasteiger partial charge in [0.05, 0.1) is 28.4 Å². The van der Waals surface area contributed by atoms with E-state index in [1.165, 1.54) is 11.3 Å². The summed E-state index contributed by atoms with van der Waals surface area (Å²) in [7, 11) is 0. The van der Waals surface area contributed by atoms with Crippen molar-refractivity contribution in [3.63, 3.8) is 0 Å². The van der Waals surface area contributed by atoms with Crippen LogP contribution in [0.1, 0.15) is 22.5 Å². The van der Waals surface area contributed by atoms with Crippen molar-refractivity contribution in [1.29, 1.82) is 5.26 Å². The molecule has 1 aliphatic carbocycles. The smallest absolute Gasteiger partial charge is 0.414 e. The summed E-state index contributed by atoms with van der Waals surface area (Å²) in [6.45, 7) is 0.620. The number of hydrogen-bond donors (Lipinski definition) is 1. The normalized spacial score (nSPS) is 20.1. The quantitative estimate of drug-likeness (QED) is 0.891. The first kappa shape index (κ1) is 16.6. The zero-order valence-electron chi connectivity index (χ0n) is 12.6. The number of rotatable bonds is 4. The second-order valence-electron chi connectivity index (χ2n) is 5.39. The molecule has 1 atom stereocenters. The Kier molecular flexibility index (Phi) is 4.88. The number of ether oxygens (including phenoxy) is 1. The molecule has 0 spiro atoms. The highest BCUT2D eigenvalue weighted by molar-refractivity contribution is 7.17. The fraction of sp³-hybridized carbons (Fsp3) is 0.312. The van der Waals surface area contributed by atoms with Crippen LogP contribution in [0.2, 0.25) is 4.34 Å². The van der Waals surface area contributed by atoms with Crippen molar-refractivity contribution in [3.05, 3.63) is 44.8 Å². The summed E-state index contributed by atoms with van der Waals surface area (Å²) in [5.41, 5.74) is 1.53. The van der Waals surface area contributed by atoms with Gasteiger partial charge in [0.15, 0.2) is 0 Å². The predicted octanol–water partition coefficient (Wildman–Crippen LogP) is 3.08. The maximum atomic E-state index is 12.0. The van der Waals surface area contributed by atoms with Crippen LogP contribution in [0.3, 0.4) is 0 Å². The van der Waals surface area contributed by atoms with Crippen LogP contribution in [-0.4, -0.2) is 36.1 Å². The molecule has 24 heavy (non-hydrogen) atoms. The molecule has 2 amide bonds. The second kappa shape index (κ2) is 7.07. The third-order valence-electron chi connectivity index (χ3n) is 3.78. The van der Waals surface area contributed by atoms with Crippen LogP contribution in [0, 0.1) is 11.3 Å². The molecule has 3 rings (SSSR count). The Morgan fingerprint density at radius 3 is 2.92 bits per heavy atom. The number of nitrogens with zero attached hydrogens (tertiary/aromatic N) is 2. The third-order valence-corrected chi connectivity index (χ3v) is 5.01. The van der Waals surface area contributed by atoms with E-state index < -0.39 is 12.2 Å². The average molecular weight is 364 g/mol. The molecule has 0 bridgehead atoms. The monoisotopic (exact) mass is 363 g/mol. The fourth-order valence-corrected chi connectivity index (χ4v) is 3.50. The molecule has 1 aromatic heterocycles. The first-order chi connectivity index (χ1) is 11.6. The highest BCUT2D eigenvalue weighted by Crippen LogP contribution is 2.25. The molecule has 2 heterocycles. The molecule has 1 saturated heterocycles. The van der Waals surface area contributed by atoms with E-state index in [4.69, 9.17) is 21.6 Å². The lowest BCUT2D eigenvalue weighted by Crippen LogP contribution is -2.34. The van der Waals surface area contributed by atoms with E-state index in [0.29, 0.717) is 34.2 Å². The first-order valence-corrected chi connectivity index (χ1v) is 8.58.